The minimum Gasteiger partial charge on any atom is -0.465 e. The number of alkyl halides is 1. The molecule has 1 aromatic heterocycles. The molecule has 1 aliphatic rings. The Morgan fingerprint density at radius 2 is 2.08 bits per heavy atom. The maximum Gasteiger partial charge on any atom is 0.414 e. The highest BCUT2D eigenvalue weighted by Gasteiger charge is 2.35. The van der Waals surface area contributed by atoms with Crippen LogP contribution in [0.1, 0.15) is 20.8 Å². The van der Waals surface area contributed by atoms with Gasteiger partial charge in [0.2, 0.25) is 0 Å². The third-order valence-corrected chi connectivity index (χ3v) is 4.72. The first-order valence-corrected chi connectivity index (χ1v) is 8.29. The number of amides is 1. The molecule has 1 unspecified atom stereocenters. The van der Waals surface area contributed by atoms with E-state index in [1.807, 2.05) is 30.3 Å². The summed E-state index contributed by atoms with van der Waals surface area (Å²) in [4.78, 5) is 25.8. The molecule has 0 saturated carbocycles. The number of nitrogens with zero attached hydrogens (tertiary/aromatic N) is 1. The molecule has 2 heterocycles. The Hall–Kier alpha value is -2.41. The van der Waals surface area contributed by atoms with Crippen molar-refractivity contribution < 1.29 is 23.5 Å². The molecular formula is C17H16FNO4S. The Labute approximate surface area is 142 Å². The van der Waals surface area contributed by atoms with Crippen LogP contribution in [0.5, 0.6) is 0 Å². The normalized spacial score (nSPS) is 16.4. The summed E-state index contributed by atoms with van der Waals surface area (Å²) in [6, 6.07) is 9.21. The van der Waals surface area contributed by atoms with Crippen molar-refractivity contribution in [1.29, 1.82) is 0 Å². The number of carbonyl (C=O) groups excluding carboxylic acids is 2. The average Bonchev–Trinajstić information content (AvgIpc) is 3.02. The van der Waals surface area contributed by atoms with E-state index in [0.717, 1.165) is 16.9 Å². The number of rotatable bonds is 3. The van der Waals surface area contributed by atoms with Crippen LogP contribution >= 0.6 is 11.3 Å². The molecule has 0 radical (unpaired) electrons. The molecule has 0 saturated heterocycles. The Balaban J connectivity index is 1.82. The molecule has 0 bridgehead atoms. The molecular weight excluding hydrogens is 333 g/mol. The van der Waals surface area contributed by atoms with Crippen molar-refractivity contribution in [2.75, 3.05) is 18.6 Å². The Kier molecular flexibility index (Phi) is 4.80. The van der Waals surface area contributed by atoms with E-state index in [2.05, 4.69) is 0 Å². The second kappa shape index (κ2) is 7.00. The van der Waals surface area contributed by atoms with Gasteiger partial charge in [0.1, 0.15) is 17.7 Å². The predicted octanol–water partition coefficient (Wildman–Crippen LogP) is 3.57. The zero-order chi connectivity index (χ0) is 17.1. The van der Waals surface area contributed by atoms with Gasteiger partial charge in [-0.15, -0.1) is 11.3 Å². The molecule has 0 fully saturated rings. The Morgan fingerprint density at radius 1 is 1.33 bits per heavy atom. The monoisotopic (exact) mass is 349 g/mol. The fourth-order valence-corrected chi connectivity index (χ4v) is 3.62. The van der Waals surface area contributed by atoms with Crippen molar-refractivity contribution in [3.05, 3.63) is 51.7 Å². The van der Waals surface area contributed by atoms with E-state index in [9.17, 15) is 14.0 Å². The van der Waals surface area contributed by atoms with E-state index < -0.39 is 18.2 Å². The van der Waals surface area contributed by atoms with Gasteiger partial charge in [-0.25, -0.2) is 14.0 Å². The lowest BCUT2D eigenvalue weighted by Crippen LogP contribution is -2.41. The smallest absolute Gasteiger partial charge is 0.414 e. The number of methoxy groups -OCH3 is 1. The summed E-state index contributed by atoms with van der Waals surface area (Å²) in [6.07, 6.45) is -1.70. The van der Waals surface area contributed by atoms with Gasteiger partial charge in [0, 0.05) is 6.42 Å². The number of anilines is 1. The summed E-state index contributed by atoms with van der Waals surface area (Å²) in [5.74, 6) is -0.542. The third-order valence-electron chi connectivity index (χ3n) is 3.73. The van der Waals surface area contributed by atoms with Crippen LogP contribution in [0.2, 0.25) is 0 Å². The van der Waals surface area contributed by atoms with Gasteiger partial charge >= 0.3 is 12.1 Å². The Bertz CT molecular complexity index is 746. The van der Waals surface area contributed by atoms with Crippen LogP contribution in [0.25, 0.3) is 0 Å². The van der Waals surface area contributed by atoms with Crippen LogP contribution in [-0.4, -0.2) is 31.9 Å². The number of esters is 1. The zero-order valence-corrected chi connectivity index (χ0v) is 13.8. The molecule has 1 amide bonds. The summed E-state index contributed by atoms with van der Waals surface area (Å²) in [6.45, 7) is -0.0541. The van der Waals surface area contributed by atoms with Crippen LogP contribution in [0.4, 0.5) is 14.9 Å². The second-order valence-corrected chi connectivity index (χ2v) is 6.26. The lowest BCUT2D eigenvalue weighted by Gasteiger charge is -2.29. The molecule has 1 aromatic carbocycles. The lowest BCUT2D eigenvalue weighted by atomic mass is 10.0. The van der Waals surface area contributed by atoms with Crippen molar-refractivity contribution in [1.82, 2.24) is 0 Å². The topological polar surface area (TPSA) is 55.8 Å². The average molecular weight is 349 g/mol. The van der Waals surface area contributed by atoms with Gasteiger partial charge in [0.05, 0.1) is 19.3 Å². The summed E-state index contributed by atoms with van der Waals surface area (Å²) in [5, 5.41) is 1.69. The van der Waals surface area contributed by atoms with Gasteiger partial charge in [0.15, 0.2) is 0 Å². The molecule has 126 valence electrons. The summed E-state index contributed by atoms with van der Waals surface area (Å²) < 4.78 is 24.0. The standard InChI is InChI=1S/C17H16FNO4S/c1-22-16(20)15-14-12(10-24-15)7-13(18)8-19(14)17(21)23-9-11-5-3-2-4-6-11/h2-6,10,13H,7-9H2,1H3. The third kappa shape index (κ3) is 3.26. The molecule has 1 aliphatic heterocycles. The van der Waals surface area contributed by atoms with Gasteiger partial charge in [-0.05, 0) is 16.5 Å². The molecule has 3 rings (SSSR count). The first-order valence-electron chi connectivity index (χ1n) is 7.41. The molecule has 5 nitrogen and oxygen atoms in total. The van der Waals surface area contributed by atoms with Crippen LogP contribution in [0, 0.1) is 0 Å². The quantitative estimate of drug-likeness (QED) is 0.795. The molecule has 7 heteroatoms. The zero-order valence-electron chi connectivity index (χ0n) is 13.0. The van der Waals surface area contributed by atoms with Gasteiger partial charge in [0.25, 0.3) is 0 Å². The molecule has 24 heavy (non-hydrogen) atoms. The number of ether oxygens (including phenoxy) is 2. The van der Waals surface area contributed by atoms with Crippen molar-refractivity contribution in [2.45, 2.75) is 19.2 Å². The van der Waals surface area contributed by atoms with E-state index in [-0.39, 0.29) is 24.4 Å². The summed E-state index contributed by atoms with van der Waals surface area (Å²) in [5.41, 5.74) is 1.85. The summed E-state index contributed by atoms with van der Waals surface area (Å²) >= 11 is 1.15. The van der Waals surface area contributed by atoms with Crippen LogP contribution in [-0.2, 0) is 22.5 Å². The predicted molar refractivity (Wildman–Crippen MR) is 88.2 cm³/mol. The van der Waals surface area contributed by atoms with Crippen molar-refractivity contribution >= 4 is 29.1 Å². The van der Waals surface area contributed by atoms with E-state index in [0.29, 0.717) is 11.3 Å². The molecule has 0 N–H and O–H groups in total. The summed E-state index contributed by atoms with van der Waals surface area (Å²) in [7, 11) is 1.27. The fourth-order valence-electron chi connectivity index (χ4n) is 2.62. The van der Waals surface area contributed by atoms with Crippen molar-refractivity contribution in [3.8, 4) is 0 Å². The van der Waals surface area contributed by atoms with Gasteiger partial charge in [-0.3, -0.25) is 4.90 Å². The van der Waals surface area contributed by atoms with Crippen LogP contribution in [0.3, 0.4) is 0 Å². The minimum absolute atomic E-state index is 0.0835. The van der Waals surface area contributed by atoms with E-state index in [4.69, 9.17) is 9.47 Å². The highest BCUT2D eigenvalue weighted by atomic mass is 32.1. The van der Waals surface area contributed by atoms with Gasteiger partial charge < -0.3 is 9.47 Å². The molecule has 0 spiro atoms. The first-order chi connectivity index (χ1) is 11.6. The van der Waals surface area contributed by atoms with E-state index in [1.54, 1.807) is 5.38 Å². The maximum atomic E-state index is 14.0. The Morgan fingerprint density at radius 3 is 2.79 bits per heavy atom. The highest BCUT2D eigenvalue weighted by molar-refractivity contribution is 7.12. The maximum absolute atomic E-state index is 14.0. The van der Waals surface area contributed by atoms with E-state index in [1.165, 1.54) is 12.0 Å². The van der Waals surface area contributed by atoms with Crippen molar-refractivity contribution in [2.24, 2.45) is 0 Å². The van der Waals surface area contributed by atoms with E-state index >= 15 is 0 Å². The number of thiophene rings is 1. The number of hydrogen-bond acceptors (Lipinski definition) is 5. The van der Waals surface area contributed by atoms with Crippen LogP contribution < -0.4 is 4.90 Å². The number of benzene rings is 1. The highest BCUT2D eigenvalue weighted by Crippen LogP contribution is 2.37. The molecule has 1 atom stereocenters. The number of hydrogen-bond donors (Lipinski definition) is 0. The fraction of sp³-hybridized carbons (Fsp3) is 0.294. The SMILES string of the molecule is COC(=O)c1scc2c1N(C(=O)OCc1ccccc1)CC(F)C2. The molecule has 0 aliphatic carbocycles. The first kappa shape index (κ1) is 16.4. The van der Waals surface area contributed by atoms with Gasteiger partial charge in [-0.1, -0.05) is 30.3 Å². The number of fused-ring (bicyclic) bond motifs is 1. The molecule has 2 aromatic rings. The minimum atomic E-state index is -1.19. The van der Waals surface area contributed by atoms with Gasteiger partial charge in [-0.2, -0.15) is 0 Å². The van der Waals surface area contributed by atoms with Crippen molar-refractivity contribution in [3.63, 3.8) is 0 Å². The number of halogens is 1. The second-order valence-electron chi connectivity index (χ2n) is 5.38. The number of carbonyl (C=O) groups is 2. The van der Waals surface area contributed by atoms with Crippen LogP contribution in [0.15, 0.2) is 35.7 Å². The largest absolute Gasteiger partial charge is 0.465 e. The lowest BCUT2D eigenvalue weighted by molar-refractivity contribution is 0.0606.